The van der Waals surface area contributed by atoms with Gasteiger partial charge >= 0.3 is 0 Å². The van der Waals surface area contributed by atoms with Gasteiger partial charge in [0.15, 0.2) is 11.6 Å². The van der Waals surface area contributed by atoms with Crippen molar-refractivity contribution in [3.8, 4) is 0 Å². The number of hydrogen-bond acceptors (Lipinski definition) is 2. The maximum absolute atomic E-state index is 13.9. The topological polar surface area (TPSA) is 23.5 Å². The Labute approximate surface area is 119 Å². The third-order valence-corrected chi connectivity index (χ3v) is 4.66. The minimum absolute atomic E-state index is 0.0555. The summed E-state index contributed by atoms with van der Waals surface area (Å²) < 4.78 is 27.3. The summed E-state index contributed by atoms with van der Waals surface area (Å²) in [5, 5.41) is 10.6. The molecule has 0 spiro atoms. The number of halogens is 2. The summed E-state index contributed by atoms with van der Waals surface area (Å²) in [6.45, 7) is 5.72. The SMILES string of the molecule is CCC(C)(C(O)c1cccc(F)c1F)N1CCCCC1. The first kappa shape index (κ1) is 15.4. The summed E-state index contributed by atoms with van der Waals surface area (Å²) in [4.78, 5) is 2.21. The molecular weight excluding hydrogens is 260 g/mol. The highest BCUT2D eigenvalue weighted by molar-refractivity contribution is 5.24. The molecule has 1 saturated heterocycles. The fourth-order valence-electron chi connectivity index (χ4n) is 3.06. The lowest BCUT2D eigenvalue weighted by Crippen LogP contribution is -2.52. The van der Waals surface area contributed by atoms with Gasteiger partial charge in [0.25, 0.3) is 0 Å². The average molecular weight is 283 g/mol. The van der Waals surface area contributed by atoms with Gasteiger partial charge in [-0.05, 0) is 45.3 Å². The highest BCUT2D eigenvalue weighted by Crippen LogP contribution is 2.37. The Morgan fingerprint density at radius 2 is 1.90 bits per heavy atom. The first-order valence-electron chi connectivity index (χ1n) is 7.37. The molecule has 2 rings (SSSR count). The monoisotopic (exact) mass is 283 g/mol. The molecule has 0 aliphatic carbocycles. The van der Waals surface area contributed by atoms with Gasteiger partial charge in [0.05, 0.1) is 6.10 Å². The van der Waals surface area contributed by atoms with Crippen LogP contribution >= 0.6 is 0 Å². The summed E-state index contributed by atoms with van der Waals surface area (Å²) in [5.74, 6) is -1.84. The lowest BCUT2D eigenvalue weighted by molar-refractivity contribution is -0.0369. The van der Waals surface area contributed by atoms with Crippen molar-refractivity contribution < 1.29 is 13.9 Å². The lowest BCUT2D eigenvalue weighted by atomic mass is 9.83. The molecule has 1 heterocycles. The molecule has 1 aliphatic rings. The second kappa shape index (κ2) is 6.19. The van der Waals surface area contributed by atoms with Crippen LogP contribution in [0.3, 0.4) is 0 Å². The van der Waals surface area contributed by atoms with E-state index in [1.165, 1.54) is 18.6 Å². The van der Waals surface area contributed by atoms with Crippen LogP contribution in [0.5, 0.6) is 0 Å². The van der Waals surface area contributed by atoms with E-state index in [4.69, 9.17) is 0 Å². The van der Waals surface area contributed by atoms with E-state index >= 15 is 0 Å². The maximum atomic E-state index is 13.9. The Bertz CT molecular complexity index is 460. The number of hydrogen-bond donors (Lipinski definition) is 1. The Morgan fingerprint density at radius 3 is 2.50 bits per heavy atom. The van der Waals surface area contributed by atoms with Gasteiger partial charge in [0.1, 0.15) is 0 Å². The molecule has 2 nitrogen and oxygen atoms in total. The molecule has 1 fully saturated rings. The van der Waals surface area contributed by atoms with Gasteiger partial charge in [-0.3, -0.25) is 4.90 Å². The van der Waals surface area contributed by atoms with Crippen LogP contribution in [-0.4, -0.2) is 28.6 Å². The van der Waals surface area contributed by atoms with E-state index in [1.54, 1.807) is 0 Å². The van der Waals surface area contributed by atoms with E-state index in [0.29, 0.717) is 6.42 Å². The molecule has 1 aromatic rings. The number of likely N-dealkylation sites (tertiary alicyclic amines) is 1. The Hall–Kier alpha value is -1.00. The minimum Gasteiger partial charge on any atom is -0.386 e. The van der Waals surface area contributed by atoms with Gasteiger partial charge in [-0.1, -0.05) is 25.5 Å². The molecule has 0 radical (unpaired) electrons. The van der Waals surface area contributed by atoms with E-state index in [-0.39, 0.29) is 5.56 Å². The molecule has 1 aromatic carbocycles. The predicted molar refractivity (Wildman–Crippen MR) is 75.4 cm³/mol. The number of aliphatic hydroxyl groups excluding tert-OH is 1. The number of rotatable bonds is 4. The number of nitrogens with zero attached hydrogens (tertiary/aromatic N) is 1. The van der Waals surface area contributed by atoms with Gasteiger partial charge in [-0.15, -0.1) is 0 Å². The summed E-state index contributed by atoms with van der Waals surface area (Å²) in [7, 11) is 0. The zero-order valence-corrected chi connectivity index (χ0v) is 12.2. The quantitative estimate of drug-likeness (QED) is 0.911. The van der Waals surface area contributed by atoms with Crippen molar-refractivity contribution in [3.05, 3.63) is 35.4 Å². The van der Waals surface area contributed by atoms with Gasteiger partial charge in [-0.25, -0.2) is 8.78 Å². The van der Waals surface area contributed by atoms with Crippen LogP contribution in [0.4, 0.5) is 8.78 Å². The van der Waals surface area contributed by atoms with Gasteiger partial charge < -0.3 is 5.11 Å². The molecule has 0 amide bonds. The average Bonchev–Trinajstić information content (AvgIpc) is 2.49. The van der Waals surface area contributed by atoms with Crippen molar-refractivity contribution in [2.24, 2.45) is 0 Å². The highest BCUT2D eigenvalue weighted by atomic mass is 19.2. The van der Waals surface area contributed by atoms with Crippen LogP contribution < -0.4 is 0 Å². The molecule has 2 atom stereocenters. The zero-order valence-electron chi connectivity index (χ0n) is 12.2. The summed E-state index contributed by atoms with van der Waals surface area (Å²) in [6.07, 6.45) is 3.04. The highest BCUT2D eigenvalue weighted by Gasteiger charge is 2.40. The van der Waals surface area contributed by atoms with Crippen LogP contribution in [0.1, 0.15) is 51.2 Å². The molecular formula is C16H23F2NO. The molecule has 2 unspecified atom stereocenters. The Kier molecular flexibility index (Phi) is 4.76. The fraction of sp³-hybridized carbons (Fsp3) is 0.625. The van der Waals surface area contributed by atoms with Gasteiger partial charge in [-0.2, -0.15) is 0 Å². The molecule has 0 aromatic heterocycles. The first-order chi connectivity index (χ1) is 9.50. The second-order valence-electron chi connectivity index (χ2n) is 5.80. The van der Waals surface area contributed by atoms with Gasteiger partial charge in [0.2, 0.25) is 0 Å². The molecule has 1 N–H and O–H groups in total. The number of benzene rings is 1. The normalized spacial score (nSPS) is 21.4. The lowest BCUT2D eigenvalue weighted by Gasteiger charge is -2.46. The molecule has 0 saturated carbocycles. The van der Waals surface area contributed by atoms with Crippen molar-refractivity contribution in [2.45, 2.75) is 51.2 Å². The summed E-state index contributed by atoms with van der Waals surface area (Å²) in [5.41, 5.74) is -0.505. The Balaban J connectivity index is 2.32. The fourth-order valence-corrected chi connectivity index (χ4v) is 3.06. The molecule has 112 valence electrons. The summed E-state index contributed by atoms with van der Waals surface area (Å²) >= 11 is 0. The van der Waals surface area contributed by atoms with E-state index in [9.17, 15) is 13.9 Å². The van der Waals surface area contributed by atoms with E-state index in [2.05, 4.69) is 4.90 Å². The minimum atomic E-state index is -1.03. The smallest absolute Gasteiger partial charge is 0.164 e. The van der Waals surface area contributed by atoms with Crippen molar-refractivity contribution in [1.29, 1.82) is 0 Å². The van der Waals surface area contributed by atoms with E-state index in [0.717, 1.165) is 32.0 Å². The Morgan fingerprint density at radius 1 is 1.25 bits per heavy atom. The van der Waals surface area contributed by atoms with Crippen LogP contribution in [0.15, 0.2) is 18.2 Å². The van der Waals surface area contributed by atoms with Crippen LogP contribution in [0, 0.1) is 11.6 Å². The third kappa shape index (κ3) is 2.72. The van der Waals surface area contributed by atoms with E-state index < -0.39 is 23.3 Å². The second-order valence-corrected chi connectivity index (χ2v) is 5.80. The predicted octanol–water partition coefficient (Wildman–Crippen LogP) is 3.65. The zero-order chi connectivity index (χ0) is 14.8. The first-order valence-corrected chi connectivity index (χ1v) is 7.37. The standard InChI is InChI=1S/C16H23F2NO/c1-3-16(2,19-10-5-4-6-11-19)15(20)12-8-7-9-13(17)14(12)18/h7-9,15,20H,3-6,10-11H2,1-2H3. The molecule has 0 bridgehead atoms. The molecule has 20 heavy (non-hydrogen) atoms. The van der Waals surface area contributed by atoms with Gasteiger partial charge in [0, 0.05) is 11.1 Å². The number of piperidine rings is 1. The number of aliphatic hydroxyl groups is 1. The van der Waals surface area contributed by atoms with E-state index in [1.807, 2.05) is 13.8 Å². The van der Waals surface area contributed by atoms with Crippen LogP contribution in [0.2, 0.25) is 0 Å². The largest absolute Gasteiger partial charge is 0.386 e. The van der Waals surface area contributed by atoms with Crippen molar-refractivity contribution >= 4 is 0 Å². The molecule has 1 aliphatic heterocycles. The third-order valence-electron chi connectivity index (χ3n) is 4.66. The molecule has 4 heteroatoms. The van der Waals surface area contributed by atoms with Crippen LogP contribution in [0.25, 0.3) is 0 Å². The maximum Gasteiger partial charge on any atom is 0.164 e. The van der Waals surface area contributed by atoms with Crippen molar-refractivity contribution in [3.63, 3.8) is 0 Å². The summed E-state index contributed by atoms with van der Waals surface area (Å²) in [6, 6.07) is 4.00. The van der Waals surface area contributed by atoms with Crippen LogP contribution in [-0.2, 0) is 0 Å². The van der Waals surface area contributed by atoms with Crippen molar-refractivity contribution in [1.82, 2.24) is 4.90 Å². The van der Waals surface area contributed by atoms with Crippen molar-refractivity contribution in [2.75, 3.05) is 13.1 Å².